The summed E-state index contributed by atoms with van der Waals surface area (Å²) in [5.74, 6) is 0.0343. The van der Waals surface area contributed by atoms with Crippen LogP contribution in [0.15, 0.2) is 28.7 Å². The molecule has 2 aromatic heterocycles. The second kappa shape index (κ2) is 8.81. The Hall–Kier alpha value is -3.62. The zero-order valence-corrected chi connectivity index (χ0v) is 17.4. The Morgan fingerprint density at radius 2 is 1.83 bits per heavy atom. The molecule has 3 rings (SSSR count). The number of hydrogen-bond donors (Lipinski definition) is 1. The van der Waals surface area contributed by atoms with Crippen molar-refractivity contribution in [1.29, 1.82) is 0 Å². The van der Waals surface area contributed by atoms with Gasteiger partial charge in [0.1, 0.15) is 11.4 Å². The van der Waals surface area contributed by atoms with Crippen LogP contribution >= 0.6 is 0 Å². The molecule has 0 aliphatic carbocycles. The molecule has 2 heterocycles. The molecular formula is C21H23N3O6. The summed E-state index contributed by atoms with van der Waals surface area (Å²) in [6, 6.07) is 7.13. The van der Waals surface area contributed by atoms with Gasteiger partial charge in [0.25, 0.3) is 5.89 Å². The summed E-state index contributed by atoms with van der Waals surface area (Å²) in [5.41, 5.74) is 2.22. The quantitative estimate of drug-likeness (QED) is 0.582. The largest absolute Gasteiger partial charge is 0.497 e. The number of rotatable bonds is 7. The first-order valence-corrected chi connectivity index (χ1v) is 9.40. The lowest BCUT2D eigenvalue weighted by molar-refractivity contribution is 0.0272. The van der Waals surface area contributed by atoms with E-state index < -0.39 is 18.0 Å². The molecule has 0 fully saturated rings. The van der Waals surface area contributed by atoms with Crippen molar-refractivity contribution in [3.8, 4) is 17.2 Å². The van der Waals surface area contributed by atoms with Gasteiger partial charge in [-0.2, -0.15) is 0 Å². The Morgan fingerprint density at radius 3 is 2.47 bits per heavy atom. The van der Waals surface area contributed by atoms with Crippen LogP contribution in [0.3, 0.4) is 0 Å². The molecule has 0 bridgehead atoms. The summed E-state index contributed by atoms with van der Waals surface area (Å²) < 4.78 is 21.3. The van der Waals surface area contributed by atoms with Crippen LogP contribution in [-0.2, 0) is 9.47 Å². The van der Waals surface area contributed by atoms with Gasteiger partial charge in [0.05, 0.1) is 19.3 Å². The normalized spacial score (nSPS) is 11.8. The van der Waals surface area contributed by atoms with E-state index in [2.05, 4.69) is 15.2 Å². The van der Waals surface area contributed by atoms with E-state index in [4.69, 9.17) is 18.6 Å². The van der Waals surface area contributed by atoms with Crippen LogP contribution in [0, 0.1) is 13.8 Å². The fraction of sp³-hybridized carbons (Fsp3) is 0.333. The summed E-state index contributed by atoms with van der Waals surface area (Å²) in [4.78, 5) is 27.6. The Balaban J connectivity index is 1.74. The number of carbonyl (C=O) groups is 2. The predicted octanol–water partition coefficient (Wildman–Crippen LogP) is 3.78. The molecule has 1 aromatic carbocycles. The standard InChI is InChI=1S/C21H23N3O6/c1-6-28-20(25)16-11(2)17(22-12(16)3)21(26)29-13(4)18-23-24-19(30-18)14-7-9-15(27-5)10-8-14/h7-10,13,22H,6H2,1-5H3/t13-/m1/s1. The molecule has 0 unspecified atom stereocenters. The molecule has 9 heteroatoms. The van der Waals surface area contributed by atoms with Crippen molar-refractivity contribution in [3.63, 3.8) is 0 Å². The number of benzene rings is 1. The third-order valence-electron chi connectivity index (χ3n) is 4.53. The van der Waals surface area contributed by atoms with Gasteiger partial charge in [-0.05, 0) is 57.5 Å². The lowest BCUT2D eigenvalue weighted by Gasteiger charge is -2.09. The highest BCUT2D eigenvalue weighted by Gasteiger charge is 2.26. The number of H-pyrrole nitrogens is 1. The molecule has 0 aliphatic heterocycles. The molecule has 9 nitrogen and oxygen atoms in total. The number of hydrogen-bond acceptors (Lipinski definition) is 8. The van der Waals surface area contributed by atoms with E-state index in [1.54, 1.807) is 59.1 Å². The highest BCUT2D eigenvalue weighted by Crippen LogP contribution is 2.26. The zero-order valence-electron chi connectivity index (χ0n) is 17.4. The first kappa shape index (κ1) is 21.1. The molecule has 0 saturated carbocycles. The van der Waals surface area contributed by atoms with Crippen molar-refractivity contribution in [2.75, 3.05) is 13.7 Å². The minimum Gasteiger partial charge on any atom is -0.497 e. The number of aromatic amines is 1. The van der Waals surface area contributed by atoms with E-state index in [1.807, 2.05) is 0 Å². The molecule has 1 atom stereocenters. The molecular weight excluding hydrogens is 390 g/mol. The highest BCUT2D eigenvalue weighted by molar-refractivity contribution is 5.98. The summed E-state index contributed by atoms with van der Waals surface area (Å²) in [5, 5.41) is 7.97. The van der Waals surface area contributed by atoms with E-state index in [1.165, 1.54) is 0 Å². The van der Waals surface area contributed by atoms with Gasteiger partial charge in [-0.1, -0.05) is 0 Å². The fourth-order valence-electron chi connectivity index (χ4n) is 2.98. The van der Waals surface area contributed by atoms with Crippen molar-refractivity contribution in [1.82, 2.24) is 15.2 Å². The number of carbonyl (C=O) groups excluding carboxylic acids is 2. The Bertz CT molecular complexity index is 1050. The first-order chi connectivity index (χ1) is 14.3. The number of nitrogens with one attached hydrogen (secondary N) is 1. The van der Waals surface area contributed by atoms with E-state index in [9.17, 15) is 9.59 Å². The van der Waals surface area contributed by atoms with Gasteiger partial charge < -0.3 is 23.6 Å². The zero-order chi connectivity index (χ0) is 21.8. The molecule has 3 aromatic rings. The topological polar surface area (TPSA) is 117 Å². The molecule has 0 amide bonds. The van der Waals surface area contributed by atoms with Gasteiger partial charge in [0.15, 0.2) is 6.10 Å². The molecule has 0 saturated heterocycles. The van der Waals surface area contributed by atoms with Crippen LogP contribution in [0.4, 0.5) is 0 Å². The van der Waals surface area contributed by atoms with Crippen LogP contribution in [0.5, 0.6) is 5.75 Å². The summed E-state index contributed by atoms with van der Waals surface area (Å²) in [7, 11) is 1.58. The molecule has 1 N–H and O–H groups in total. The number of aryl methyl sites for hydroxylation is 1. The predicted molar refractivity (Wildman–Crippen MR) is 106 cm³/mol. The average molecular weight is 413 g/mol. The highest BCUT2D eigenvalue weighted by atomic mass is 16.6. The Kier molecular flexibility index (Phi) is 6.20. The Morgan fingerprint density at radius 1 is 1.13 bits per heavy atom. The second-order valence-electron chi connectivity index (χ2n) is 6.57. The number of methoxy groups -OCH3 is 1. The molecule has 30 heavy (non-hydrogen) atoms. The van der Waals surface area contributed by atoms with Gasteiger partial charge in [-0.25, -0.2) is 9.59 Å². The van der Waals surface area contributed by atoms with Crippen LogP contribution < -0.4 is 4.74 Å². The van der Waals surface area contributed by atoms with Crippen LogP contribution in [0.25, 0.3) is 11.5 Å². The molecule has 0 aliphatic rings. The smallest absolute Gasteiger partial charge is 0.355 e. The summed E-state index contributed by atoms with van der Waals surface area (Å²) >= 11 is 0. The third kappa shape index (κ3) is 4.19. The maximum atomic E-state index is 12.6. The SMILES string of the molecule is CCOC(=O)c1c(C)[nH]c(C(=O)O[C@H](C)c2nnc(-c3ccc(OC)cc3)o2)c1C. The van der Waals surface area contributed by atoms with Crippen molar-refractivity contribution in [2.45, 2.75) is 33.8 Å². The van der Waals surface area contributed by atoms with Crippen molar-refractivity contribution in [2.24, 2.45) is 0 Å². The fourth-order valence-corrected chi connectivity index (χ4v) is 2.98. The van der Waals surface area contributed by atoms with Gasteiger partial charge in [-0.15, -0.1) is 10.2 Å². The number of ether oxygens (including phenoxy) is 3. The monoisotopic (exact) mass is 413 g/mol. The third-order valence-corrected chi connectivity index (χ3v) is 4.53. The minimum atomic E-state index is -0.786. The lowest BCUT2D eigenvalue weighted by atomic mass is 10.1. The van der Waals surface area contributed by atoms with Crippen LogP contribution in [0.1, 0.15) is 57.9 Å². The van der Waals surface area contributed by atoms with Gasteiger partial charge in [-0.3, -0.25) is 0 Å². The van der Waals surface area contributed by atoms with E-state index >= 15 is 0 Å². The first-order valence-electron chi connectivity index (χ1n) is 9.40. The summed E-state index contributed by atoms with van der Waals surface area (Å²) in [6.07, 6.45) is -0.786. The van der Waals surface area contributed by atoms with Crippen molar-refractivity contribution < 1.29 is 28.2 Å². The lowest BCUT2D eigenvalue weighted by Crippen LogP contribution is -2.12. The van der Waals surface area contributed by atoms with Crippen molar-refractivity contribution >= 4 is 11.9 Å². The van der Waals surface area contributed by atoms with Gasteiger partial charge in [0, 0.05) is 11.3 Å². The Labute approximate surface area is 173 Å². The molecule has 158 valence electrons. The molecule has 0 spiro atoms. The summed E-state index contributed by atoms with van der Waals surface area (Å²) in [6.45, 7) is 6.94. The van der Waals surface area contributed by atoms with E-state index in [0.717, 1.165) is 0 Å². The number of aromatic nitrogens is 3. The maximum absolute atomic E-state index is 12.6. The van der Waals surface area contributed by atoms with E-state index in [0.29, 0.717) is 34.0 Å². The van der Waals surface area contributed by atoms with Gasteiger partial charge in [0.2, 0.25) is 5.89 Å². The van der Waals surface area contributed by atoms with Crippen LogP contribution in [-0.4, -0.2) is 40.8 Å². The van der Waals surface area contributed by atoms with Crippen LogP contribution in [0.2, 0.25) is 0 Å². The molecule has 0 radical (unpaired) electrons. The maximum Gasteiger partial charge on any atom is 0.355 e. The van der Waals surface area contributed by atoms with Crippen molar-refractivity contribution in [3.05, 3.63) is 52.7 Å². The number of esters is 2. The number of nitrogens with zero attached hydrogens (tertiary/aromatic N) is 2. The average Bonchev–Trinajstić information content (AvgIpc) is 3.33. The van der Waals surface area contributed by atoms with E-state index in [-0.39, 0.29) is 18.2 Å². The van der Waals surface area contributed by atoms with Gasteiger partial charge >= 0.3 is 11.9 Å². The second-order valence-corrected chi connectivity index (χ2v) is 6.57. The minimum absolute atomic E-state index is 0.153.